The number of carbonyl (C=O) groups excluding carboxylic acids is 2. The molecule has 3 aromatic rings. The molecule has 0 saturated heterocycles. The molecule has 0 aliphatic heterocycles. The second-order valence-corrected chi connectivity index (χ2v) is 6.72. The van der Waals surface area contributed by atoms with Gasteiger partial charge in [0.05, 0.1) is 6.10 Å². The van der Waals surface area contributed by atoms with Crippen LogP contribution in [0.1, 0.15) is 41.0 Å². The van der Waals surface area contributed by atoms with Gasteiger partial charge < -0.3 is 4.74 Å². The van der Waals surface area contributed by atoms with Gasteiger partial charge in [-0.2, -0.15) is 0 Å². The lowest BCUT2D eigenvalue weighted by Gasteiger charge is -2.13. The van der Waals surface area contributed by atoms with Gasteiger partial charge in [-0.25, -0.2) is 0 Å². The highest BCUT2D eigenvalue weighted by atomic mass is 16.5. The second kappa shape index (κ2) is 9.55. The van der Waals surface area contributed by atoms with E-state index in [4.69, 9.17) is 4.74 Å². The van der Waals surface area contributed by atoms with Gasteiger partial charge in [0, 0.05) is 11.1 Å². The Hall–Kier alpha value is -3.60. The van der Waals surface area contributed by atoms with Crippen molar-refractivity contribution in [1.29, 1.82) is 0 Å². The molecule has 0 saturated carbocycles. The third-order valence-corrected chi connectivity index (χ3v) is 4.55. The van der Waals surface area contributed by atoms with E-state index < -0.39 is 5.91 Å². The van der Waals surface area contributed by atoms with Crippen LogP contribution in [-0.2, 0) is 0 Å². The summed E-state index contributed by atoms with van der Waals surface area (Å²) >= 11 is 0. The highest BCUT2D eigenvalue weighted by Crippen LogP contribution is 2.19. The third-order valence-electron chi connectivity index (χ3n) is 4.55. The Morgan fingerprint density at radius 1 is 0.793 bits per heavy atom. The molecule has 0 aliphatic carbocycles. The first kappa shape index (κ1) is 20.1. The van der Waals surface area contributed by atoms with Gasteiger partial charge in [-0.1, -0.05) is 55.5 Å². The summed E-state index contributed by atoms with van der Waals surface area (Å²) in [5, 5.41) is 0. The molecule has 1 unspecified atom stereocenters. The standard InChI is InChI=1S/C24H24N2O3/c1-3-17(2)29-22-11-7-10-21(16-22)24(28)26-25-23(27)20-14-12-19(13-15-20)18-8-5-4-6-9-18/h4-17H,3H2,1-2H3,(H,25,27)(H,26,28). The molecule has 0 fully saturated rings. The van der Waals surface area contributed by atoms with Crippen molar-refractivity contribution >= 4 is 11.8 Å². The number of rotatable bonds is 6. The molecule has 148 valence electrons. The lowest BCUT2D eigenvalue weighted by Crippen LogP contribution is -2.41. The molecule has 0 heterocycles. The van der Waals surface area contributed by atoms with Crippen molar-refractivity contribution < 1.29 is 14.3 Å². The van der Waals surface area contributed by atoms with Crippen LogP contribution in [0, 0.1) is 0 Å². The SMILES string of the molecule is CCC(C)Oc1cccc(C(=O)NNC(=O)c2ccc(-c3ccccc3)cc2)c1. The first-order valence-corrected chi connectivity index (χ1v) is 9.59. The second-order valence-electron chi connectivity index (χ2n) is 6.72. The Bertz CT molecular complexity index is 969. The number of carbonyl (C=O) groups is 2. The summed E-state index contributed by atoms with van der Waals surface area (Å²) in [7, 11) is 0. The van der Waals surface area contributed by atoms with Gasteiger partial charge in [-0.15, -0.1) is 0 Å². The summed E-state index contributed by atoms with van der Waals surface area (Å²) in [5.74, 6) is -0.173. The Morgan fingerprint density at radius 3 is 2.07 bits per heavy atom. The fourth-order valence-electron chi connectivity index (χ4n) is 2.73. The number of ether oxygens (including phenoxy) is 1. The molecule has 2 amide bonds. The van der Waals surface area contributed by atoms with Gasteiger partial charge in [0.2, 0.25) is 0 Å². The van der Waals surface area contributed by atoms with Crippen LogP contribution >= 0.6 is 0 Å². The zero-order valence-corrected chi connectivity index (χ0v) is 16.5. The van der Waals surface area contributed by atoms with Crippen LogP contribution in [0.2, 0.25) is 0 Å². The Kier molecular flexibility index (Phi) is 6.63. The molecule has 0 aliphatic rings. The lowest BCUT2D eigenvalue weighted by atomic mass is 10.0. The maximum atomic E-state index is 12.3. The van der Waals surface area contributed by atoms with E-state index in [0.717, 1.165) is 17.5 Å². The molecule has 3 aromatic carbocycles. The molecule has 0 aromatic heterocycles. The Balaban J connectivity index is 1.59. The molecule has 0 radical (unpaired) electrons. The zero-order chi connectivity index (χ0) is 20.6. The topological polar surface area (TPSA) is 67.4 Å². The maximum Gasteiger partial charge on any atom is 0.269 e. The van der Waals surface area contributed by atoms with E-state index in [1.165, 1.54) is 0 Å². The largest absolute Gasteiger partial charge is 0.491 e. The van der Waals surface area contributed by atoms with E-state index in [0.29, 0.717) is 16.9 Å². The van der Waals surface area contributed by atoms with Crippen LogP contribution in [-0.4, -0.2) is 17.9 Å². The van der Waals surface area contributed by atoms with Crippen molar-refractivity contribution in [1.82, 2.24) is 10.9 Å². The van der Waals surface area contributed by atoms with Crippen molar-refractivity contribution in [3.8, 4) is 16.9 Å². The molecular formula is C24H24N2O3. The molecule has 0 bridgehead atoms. The van der Waals surface area contributed by atoms with Crippen LogP contribution in [0.15, 0.2) is 78.9 Å². The summed E-state index contributed by atoms with van der Waals surface area (Å²) in [6.07, 6.45) is 0.932. The fourth-order valence-corrected chi connectivity index (χ4v) is 2.73. The number of hydrazine groups is 1. The van der Waals surface area contributed by atoms with Crippen LogP contribution in [0.4, 0.5) is 0 Å². The van der Waals surface area contributed by atoms with Crippen LogP contribution < -0.4 is 15.6 Å². The smallest absolute Gasteiger partial charge is 0.269 e. The maximum absolute atomic E-state index is 12.3. The summed E-state index contributed by atoms with van der Waals surface area (Å²) < 4.78 is 5.73. The highest BCUT2D eigenvalue weighted by molar-refractivity contribution is 5.99. The summed E-state index contributed by atoms with van der Waals surface area (Å²) in [6.45, 7) is 4.00. The Labute approximate surface area is 170 Å². The number of amides is 2. The van der Waals surface area contributed by atoms with Gasteiger partial charge in [0.15, 0.2) is 0 Å². The molecule has 0 spiro atoms. The molecule has 1 atom stereocenters. The molecule has 3 rings (SSSR count). The van der Waals surface area contributed by atoms with Gasteiger partial charge in [-0.05, 0) is 54.8 Å². The molecule has 29 heavy (non-hydrogen) atoms. The van der Waals surface area contributed by atoms with Crippen LogP contribution in [0.5, 0.6) is 5.75 Å². The van der Waals surface area contributed by atoms with E-state index in [1.54, 1.807) is 36.4 Å². The van der Waals surface area contributed by atoms with Gasteiger partial charge >= 0.3 is 0 Å². The van der Waals surface area contributed by atoms with Gasteiger partial charge in [-0.3, -0.25) is 20.4 Å². The van der Waals surface area contributed by atoms with Crippen molar-refractivity contribution in [2.75, 3.05) is 0 Å². The number of benzene rings is 3. The van der Waals surface area contributed by atoms with E-state index in [1.807, 2.05) is 56.3 Å². The summed E-state index contributed by atoms with van der Waals surface area (Å²) in [5.41, 5.74) is 7.85. The normalized spacial score (nSPS) is 11.4. The predicted molar refractivity (Wildman–Crippen MR) is 114 cm³/mol. The van der Waals surface area contributed by atoms with Crippen LogP contribution in [0.25, 0.3) is 11.1 Å². The Morgan fingerprint density at radius 2 is 1.41 bits per heavy atom. The molecular weight excluding hydrogens is 364 g/mol. The van der Waals surface area contributed by atoms with Crippen molar-refractivity contribution in [2.45, 2.75) is 26.4 Å². The zero-order valence-electron chi connectivity index (χ0n) is 16.5. The average molecular weight is 388 g/mol. The van der Waals surface area contributed by atoms with E-state index >= 15 is 0 Å². The first-order valence-electron chi connectivity index (χ1n) is 9.59. The molecule has 2 N–H and O–H groups in total. The van der Waals surface area contributed by atoms with Crippen LogP contribution in [0.3, 0.4) is 0 Å². The highest BCUT2D eigenvalue weighted by Gasteiger charge is 2.11. The third kappa shape index (κ3) is 5.45. The average Bonchev–Trinajstić information content (AvgIpc) is 2.78. The minimum absolute atomic E-state index is 0.0619. The van der Waals surface area contributed by atoms with Gasteiger partial charge in [0.1, 0.15) is 5.75 Å². The quantitative estimate of drug-likeness (QED) is 0.606. The predicted octanol–water partition coefficient (Wildman–Crippen LogP) is 4.61. The van der Waals surface area contributed by atoms with E-state index in [2.05, 4.69) is 10.9 Å². The van der Waals surface area contributed by atoms with Crippen molar-refractivity contribution in [2.24, 2.45) is 0 Å². The number of hydrogen-bond donors (Lipinski definition) is 2. The van der Waals surface area contributed by atoms with Gasteiger partial charge in [0.25, 0.3) is 11.8 Å². The molecule has 5 nitrogen and oxygen atoms in total. The van der Waals surface area contributed by atoms with E-state index in [-0.39, 0.29) is 12.0 Å². The minimum Gasteiger partial charge on any atom is -0.491 e. The molecule has 5 heteroatoms. The summed E-state index contributed by atoms with van der Waals surface area (Å²) in [6, 6.07) is 24.0. The van der Waals surface area contributed by atoms with E-state index in [9.17, 15) is 9.59 Å². The van der Waals surface area contributed by atoms with Crippen molar-refractivity contribution in [3.63, 3.8) is 0 Å². The lowest BCUT2D eigenvalue weighted by molar-refractivity contribution is 0.0846. The first-order chi connectivity index (χ1) is 14.1. The minimum atomic E-state index is -0.408. The number of hydrogen-bond acceptors (Lipinski definition) is 3. The fraction of sp³-hybridized carbons (Fsp3) is 0.167. The number of nitrogens with one attached hydrogen (secondary N) is 2. The summed E-state index contributed by atoms with van der Waals surface area (Å²) in [4.78, 5) is 24.7. The van der Waals surface area contributed by atoms with Crippen molar-refractivity contribution in [3.05, 3.63) is 90.0 Å². The monoisotopic (exact) mass is 388 g/mol.